The average molecular weight is 487 g/mol. The number of ether oxygens (including phenoxy) is 1. The maximum atomic E-state index is 5.88. The lowest BCUT2D eigenvalue weighted by molar-refractivity contribution is 0.275. The van der Waals surface area contributed by atoms with Crippen LogP contribution in [0.4, 0.5) is 11.4 Å². The minimum atomic E-state index is 0.465. The van der Waals surface area contributed by atoms with Crippen molar-refractivity contribution < 1.29 is 4.74 Å². The first-order valence-electron chi connectivity index (χ1n) is 13.2. The molecule has 2 aromatic rings. The normalized spacial score (nSPS) is 20.4. The van der Waals surface area contributed by atoms with E-state index in [1.165, 1.54) is 44.2 Å². The van der Waals surface area contributed by atoms with Gasteiger partial charge in [0.1, 0.15) is 12.4 Å². The zero-order valence-corrected chi connectivity index (χ0v) is 22.3. The lowest BCUT2D eigenvalue weighted by Crippen LogP contribution is -2.42. The van der Waals surface area contributed by atoms with Gasteiger partial charge in [-0.25, -0.2) is 0 Å². The van der Waals surface area contributed by atoms with Gasteiger partial charge in [-0.1, -0.05) is 57.8 Å². The molecule has 0 amide bonds. The monoisotopic (exact) mass is 486 g/mol. The second kappa shape index (κ2) is 13.8. The van der Waals surface area contributed by atoms with Crippen LogP contribution in [0.2, 0.25) is 5.15 Å². The number of hydrogen-bond donors (Lipinski definition) is 0. The Hall–Kier alpha value is -2.01. The summed E-state index contributed by atoms with van der Waals surface area (Å²) in [5.74, 6) is 2.75. The van der Waals surface area contributed by atoms with Crippen molar-refractivity contribution in [3.05, 3.63) is 41.7 Å². The fourth-order valence-electron chi connectivity index (χ4n) is 4.85. The highest BCUT2D eigenvalue weighted by atomic mass is 35.5. The van der Waals surface area contributed by atoms with Gasteiger partial charge in [0.15, 0.2) is 5.15 Å². The topological polar surface area (TPSA) is 41.5 Å². The third kappa shape index (κ3) is 7.76. The first-order valence-corrected chi connectivity index (χ1v) is 13.6. The third-order valence-corrected chi connectivity index (χ3v) is 7.43. The first kappa shape index (κ1) is 26.6. The Morgan fingerprint density at radius 3 is 2.62 bits per heavy atom. The van der Waals surface area contributed by atoms with Crippen molar-refractivity contribution in [2.24, 2.45) is 11.8 Å². The Morgan fingerprint density at radius 2 is 1.91 bits per heavy atom. The SMILES string of the molecule is CC1CCC(N2CCOc3ccccc32)CC1.CCCN(CCC(C)CC)c1cnnc(Cl)c1. The van der Waals surface area contributed by atoms with E-state index in [-0.39, 0.29) is 0 Å². The molecule has 1 aromatic carbocycles. The molecule has 6 heteroatoms. The molecule has 0 spiro atoms. The number of rotatable bonds is 8. The molecule has 2 aliphatic rings. The van der Waals surface area contributed by atoms with E-state index in [1.54, 1.807) is 6.20 Å². The van der Waals surface area contributed by atoms with E-state index in [4.69, 9.17) is 16.3 Å². The molecule has 1 saturated carbocycles. The van der Waals surface area contributed by atoms with E-state index in [1.807, 2.05) is 6.07 Å². The zero-order chi connectivity index (χ0) is 24.3. The zero-order valence-electron chi connectivity index (χ0n) is 21.5. The summed E-state index contributed by atoms with van der Waals surface area (Å²) in [6, 6.07) is 11.1. The highest BCUT2D eigenvalue weighted by Crippen LogP contribution is 2.36. The van der Waals surface area contributed by atoms with Crippen LogP contribution in [-0.2, 0) is 0 Å². The van der Waals surface area contributed by atoms with Crippen LogP contribution in [0.25, 0.3) is 0 Å². The summed E-state index contributed by atoms with van der Waals surface area (Å²) in [4.78, 5) is 4.91. The Morgan fingerprint density at radius 1 is 1.15 bits per heavy atom. The molecule has 5 nitrogen and oxygen atoms in total. The molecule has 4 rings (SSSR count). The Kier molecular flexibility index (Phi) is 10.8. The Balaban J connectivity index is 0.000000191. The van der Waals surface area contributed by atoms with Crippen molar-refractivity contribution in [3.8, 4) is 5.75 Å². The molecule has 2 heterocycles. The standard InChI is InChI=1S/C15H21NO.C13H22ClN3/c1-12-6-8-13(9-7-12)16-10-11-17-15-5-3-2-4-14(15)16;1-4-7-17(8-6-11(3)5-2)12-9-13(14)16-15-10-12/h2-5,12-13H,6-11H2,1H3;9-11H,4-8H2,1-3H3. The van der Waals surface area contributed by atoms with Crippen LogP contribution in [0, 0.1) is 11.8 Å². The van der Waals surface area contributed by atoms with Gasteiger partial charge in [0, 0.05) is 25.2 Å². The summed E-state index contributed by atoms with van der Waals surface area (Å²) in [6.07, 6.45) is 10.8. The van der Waals surface area contributed by atoms with Crippen LogP contribution in [0.3, 0.4) is 0 Å². The summed E-state index contributed by atoms with van der Waals surface area (Å²) >= 11 is 5.88. The van der Waals surface area contributed by atoms with E-state index in [2.05, 4.69) is 72.0 Å². The van der Waals surface area contributed by atoms with Gasteiger partial charge in [-0.2, -0.15) is 5.10 Å². The third-order valence-electron chi connectivity index (χ3n) is 7.25. The second-order valence-electron chi connectivity index (χ2n) is 9.95. The largest absolute Gasteiger partial charge is 0.490 e. The molecular weight excluding hydrogens is 444 g/mol. The van der Waals surface area contributed by atoms with E-state index < -0.39 is 0 Å². The number of fused-ring (bicyclic) bond motifs is 1. The maximum absolute atomic E-state index is 5.88. The molecule has 1 aliphatic heterocycles. The molecule has 0 saturated heterocycles. The highest BCUT2D eigenvalue weighted by molar-refractivity contribution is 6.29. The van der Waals surface area contributed by atoms with Crippen LogP contribution in [0.15, 0.2) is 36.5 Å². The summed E-state index contributed by atoms with van der Waals surface area (Å²) < 4.78 is 5.72. The van der Waals surface area contributed by atoms with Gasteiger partial charge in [-0.15, -0.1) is 5.10 Å². The summed E-state index contributed by atoms with van der Waals surface area (Å²) in [7, 11) is 0. The van der Waals surface area contributed by atoms with Crippen molar-refractivity contribution in [2.75, 3.05) is 36.0 Å². The maximum Gasteiger partial charge on any atom is 0.153 e. The first-order chi connectivity index (χ1) is 16.5. The molecule has 34 heavy (non-hydrogen) atoms. The molecule has 1 unspecified atom stereocenters. The minimum absolute atomic E-state index is 0.465. The van der Waals surface area contributed by atoms with Crippen molar-refractivity contribution >= 4 is 23.0 Å². The van der Waals surface area contributed by atoms with Gasteiger partial charge in [-0.3, -0.25) is 0 Å². The van der Waals surface area contributed by atoms with Gasteiger partial charge in [0.05, 0.1) is 24.1 Å². The summed E-state index contributed by atoms with van der Waals surface area (Å²) in [5, 5.41) is 8.16. The fourth-order valence-corrected chi connectivity index (χ4v) is 5.00. The average Bonchev–Trinajstić information content (AvgIpc) is 2.87. The molecule has 1 fully saturated rings. The lowest BCUT2D eigenvalue weighted by atomic mass is 9.86. The molecule has 0 radical (unpaired) electrons. The number of halogens is 1. The van der Waals surface area contributed by atoms with Gasteiger partial charge in [0.2, 0.25) is 0 Å². The van der Waals surface area contributed by atoms with E-state index >= 15 is 0 Å². The fraction of sp³-hybridized carbons (Fsp3) is 0.643. The smallest absolute Gasteiger partial charge is 0.153 e. The molecule has 1 atom stereocenters. The summed E-state index contributed by atoms with van der Waals surface area (Å²) in [5.41, 5.74) is 2.38. The van der Waals surface area contributed by atoms with Gasteiger partial charge < -0.3 is 14.5 Å². The van der Waals surface area contributed by atoms with Crippen LogP contribution in [-0.4, -0.2) is 42.5 Å². The number of hydrogen-bond acceptors (Lipinski definition) is 5. The van der Waals surface area contributed by atoms with Crippen molar-refractivity contribution in [1.82, 2.24) is 10.2 Å². The van der Waals surface area contributed by atoms with Crippen LogP contribution in [0.5, 0.6) is 5.75 Å². The molecule has 188 valence electrons. The van der Waals surface area contributed by atoms with Crippen LogP contribution < -0.4 is 14.5 Å². The second-order valence-corrected chi connectivity index (χ2v) is 10.3. The lowest BCUT2D eigenvalue weighted by Gasteiger charge is -2.40. The van der Waals surface area contributed by atoms with E-state index in [0.29, 0.717) is 5.15 Å². The number of aromatic nitrogens is 2. The number of anilines is 2. The van der Waals surface area contributed by atoms with Crippen LogP contribution >= 0.6 is 11.6 Å². The van der Waals surface area contributed by atoms with Crippen molar-refractivity contribution in [2.45, 2.75) is 78.7 Å². The molecule has 1 aromatic heterocycles. The molecular formula is C28H43ClN4O. The predicted molar refractivity (Wildman–Crippen MR) is 144 cm³/mol. The number of para-hydroxylation sites is 2. The Labute approximate surface area is 211 Å². The van der Waals surface area contributed by atoms with Crippen LogP contribution in [0.1, 0.15) is 72.6 Å². The van der Waals surface area contributed by atoms with Crippen molar-refractivity contribution in [3.63, 3.8) is 0 Å². The number of nitrogens with zero attached hydrogens (tertiary/aromatic N) is 4. The van der Waals surface area contributed by atoms with Gasteiger partial charge in [0.25, 0.3) is 0 Å². The Bertz CT molecular complexity index is 856. The minimum Gasteiger partial charge on any atom is -0.490 e. The summed E-state index contributed by atoms with van der Waals surface area (Å²) in [6.45, 7) is 13.1. The molecule has 0 bridgehead atoms. The number of benzene rings is 1. The van der Waals surface area contributed by atoms with E-state index in [9.17, 15) is 0 Å². The van der Waals surface area contributed by atoms with Crippen molar-refractivity contribution in [1.29, 1.82) is 0 Å². The predicted octanol–water partition coefficient (Wildman–Crippen LogP) is 7.25. The highest BCUT2D eigenvalue weighted by Gasteiger charge is 2.27. The molecule has 0 N–H and O–H groups in total. The van der Waals surface area contributed by atoms with Gasteiger partial charge in [-0.05, 0) is 62.5 Å². The quantitative estimate of drug-likeness (QED) is 0.393. The van der Waals surface area contributed by atoms with E-state index in [0.717, 1.165) is 62.0 Å². The molecule has 1 aliphatic carbocycles. The van der Waals surface area contributed by atoms with Gasteiger partial charge >= 0.3 is 0 Å².